The van der Waals surface area contributed by atoms with Gasteiger partial charge < -0.3 is 10.1 Å². The molecular weight excluding hydrogens is 563 g/mol. The van der Waals surface area contributed by atoms with E-state index in [1.54, 1.807) is 30.3 Å². The average Bonchev–Trinajstić information content (AvgIpc) is 2.88. The van der Waals surface area contributed by atoms with E-state index in [-0.39, 0.29) is 18.1 Å². The summed E-state index contributed by atoms with van der Waals surface area (Å²) in [5, 5.41) is 7.95. The number of rotatable bonds is 8. The lowest BCUT2D eigenvalue weighted by Crippen LogP contribution is -2.24. The van der Waals surface area contributed by atoms with Gasteiger partial charge in [-0.15, -0.1) is 0 Å². The number of nitrogens with zero attached hydrogens (tertiary/aromatic N) is 3. The summed E-state index contributed by atoms with van der Waals surface area (Å²) in [7, 11) is 0. The molecule has 4 aromatic rings. The first kappa shape index (κ1) is 26.5. The second kappa shape index (κ2) is 11.7. The van der Waals surface area contributed by atoms with Crippen LogP contribution < -0.4 is 15.6 Å². The van der Waals surface area contributed by atoms with Crippen LogP contribution in [-0.2, 0) is 4.79 Å². The van der Waals surface area contributed by atoms with Gasteiger partial charge in [-0.05, 0) is 67.1 Å². The highest BCUT2D eigenvalue weighted by Crippen LogP contribution is 2.23. The van der Waals surface area contributed by atoms with E-state index in [4.69, 9.17) is 21.3 Å². The summed E-state index contributed by atoms with van der Waals surface area (Å²) in [5.74, 6) is 0.0233. The molecule has 0 unspecified atom stereocenters. The normalized spacial score (nSPS) is 12.1. The van der Waals surface area contributed by atoms with Crippen molar-refractivity contribution in [1.29, 1.82) is 0 Å². The van der Waals surface area contributed by atoms with E-state index in [0.717, 1.165) is 10.9 Å². The van der Waals surface area contributed by atoms with Gasteiger partial charge in [-0.3, -0.25) is 9.59 Å². The zero-order valence-electron chi connectivity index (χ0n) is 20.0. The Kier molecular flexibility index (Phi) is 8.35. The molecule has 0 saturated carbocycles. The molecule has 1 N–H and O–H groups in total. The lowest BCUT2D eigenvalue weighted by molar-refractivity contribution is -0.118. The monoisotopic (exact) mass is 584 g/mol. The Balaban J connectivity index is 1.63. The van der Waals surface area contributed by atoms with E-state index in [9.17, 15) is 14.0 Å². The minimum absolute atomic E-state index is 0.0249. The molecule has 0 fully saturated rings. The van der Waals surface area contributed by atoms with Crippen LogP contribution in [0, 0.1) is 5.82 Å². The summed E-state index contributed by atoms with van der Waals surface area (Å²) >= 11 is 9.60. The predicted molar refractivity (Wildman–Crippen MR) is 147 cm³/mol. The number of halogens is 3. The number of fused-ring (bicyclic) bond motifs is 1. The smallest absolute Gasteiger partial charge is 0.282 e. The van der Waals surface area contributed by atoms with Crippen molar-refractivity contribution in [3.8, 4) is 5.75 Å². The van der Waals surface area contributed by atoms with Crippen LogP contribution in [0.3, 0.4) is 0 Å². The van der Waals surface area contributed by atoms with Gasteiger partial charge in [0.25, 0.3) is 11.5 Å². The first-order chi connectivity index (χ1) is 17.7. The van der Waals surface area contributed by atoms with Crippen LogP contribution in [0.5, 0.6) is 5.75 Å². The Bertz CT molecular complexity index is 1540. The predicted octanol–water partition coefficient (Wildman–Crippen LogP) is 6.36. The highest BCUT2D eigenvalue weighted by molar-refractivity contribution is 9.10. The fraction of sp³-hybridized carbons (Fsp3) is 0.185. The number of carbonyl (C=O) groups is 1. The number of ether oxygens (including phenoxy) is 1. The van der Waals surface area contributed by atoms with E-state index >= 15 is 0 Å². The molecule has 1 heterocycles. The molecule has 7 nitrogen and oxygen atoms in total. The highest BCUT2D eigenvalue weighted by Gasteiger charge is 2.16. The van der Waals surface area contributed by atoms with Gasteiger partial charge in [0.2, 0.25) is 0 Å². The van der Waals surface area contributed by atoms with Gasteiger partial charge in [0.05, 0.1) is 17.1 Å². The quantitative estimate of drug-likeness (QED) is 0.244. The number of anilines is 1. The minimum Gasteiger partial charge on any atom is -0.483 e. The molecule has 0 aliphatic heterocycles. The van der Waals surface area contributed by atoms with Gasteiger partial charge in [-0.25, -0.2) is 9.37 Å². The summed E-state index contributed by atoms with van der Waals surface area (Å²) in [6, 6.07) is 15.6. The molecule has 1 atom stereocenters. The molecule has 0 radical (unpaired) electrons. The van der Waals surface area contributed by atoms with Crippen LogP contribution >= 0.6 is 27.5 Å². The van der Waals surface area contributed by atoms with Crippen molar-refractivity contribution < 1.29 is 13.9 Å². The molecule has 0 aliphatic carbocycles. The van der Waals surface area contributed by atoms with E-state index < -0.39 is 11.7 Å². The highest BCUT2D eigenvalue weighted by atomic mass is 79.9. The van der Waals surface area contributed by atoms with Crippen molar-refractivity contribution in [1.82, 2.24) is 9.66 Å². The van der Waals surface area contributed by atoms with E-state index in [0.29, 0.717) is 38.8 Å². The molecule has 1 aromatic heterocycles. The standard InChI is InChI=1S/C27H23BrClFN4O3/c1-3-16(2)26-33-23-10-4-18(28)13-22(23)27(36)34(26)31-14-17-12-19(29)5-11-24(17)37-15-25(35)32-21-8-6-20(30)7-9-21/h4-14,16H,3,15H2,1-2H3,(H,32,35)/t16-/m0/s1. The Labute approximate surface area is 226 Å². The maximum atomic E-state index is 13.4. The molecule has 4 rings (SSSR count). The third kappa shape index (κ3) is 6.42. The molecule has 0 bridgehead atoms. The fourth-order valence-electron chi connectivity index (χ4n) is 3.52. The lowest BCUT2D eigenvalue weighted by Gasteiger charge is -2.14. The van der Waals surface area contributed by atoms with Gasteiger partial charge in [0.15, 0.2) is 6.61 Å². The van der Waals surface area contributed by atoms with Crippen LogP contribution in [0.15, 0.2) is 75.0 Å². The first-order valence-corrected chi connectivity index (χ1v) is 12.7. The summed E-state index contributed by atoms with van der Waals surface area (Å²) in [6.07, 6.45) is 2.22. The van der Waals surface area contributed by atoms with Crippen molar-refractivity contribution in [3.05, 3.63) is 97.7 Å². The molecule has 0 spiro atoms. The number of carbonyl (C=O) groups excluding carboxylic acids is 1. The zero-order chi connectivity index (χ0) is 26.5. The largest absolute Gasteiger partial charge is 0.483 e. The Morgan fingerprint density at radius 1 is 1.22 bits per heavy atom. The molecule has 10 heteroatoms. The van der Waals surface area contributed by atoms with Gasteiger partial charge in [0.1, 0.15) is 17.4 Å². The molecular formula is C27H23BrClFN4O3. The van der Waals surface area contributed by atoms with E-state index in [1.807, 2.05) is 19.9 Å². The van der Waals surface area contributed by atoms with Crippen LogP contribution in [0.2, 0.25) is 5.02 Å². The van der Waals surface area contributed by atoms with Crippen molar-refractivity contribution in [2.24, 2.45) is 5.10 Å². The number of hydrogen-bond donors (Lipinski definition) is 1. The summed E-state index contributed by atoms with van der Waals surface area (Å²) in [6.45, 7) is 3.69. The molecule has 3 aromatic carbocycles. The first-order valence-electron chi connectivity index (χ1n) is 11.5. The number of benzene rings is 3. The van der Waals surface area contributed by atoms with Crippen molar-refractivity contribution in [2.45, 2.75) is 26.2 Å². The van der Waals surface area contributed by atoms with Crippen LogP contribution in [0.1, 0.15) is 37.6 Å². The lowest BCUT2D eigenvalue weighted by atomic mass is 10.1. The molecule has 1 amide bonds. The SMILES string of the molecule is CC[C@H](C)c1nc2ccc(Br)cc2c(=O)n1N=Cc1cc(Cl)ccc1OCC(=O)Nc1ccc(F)cc1. The van der Waals surface area contributed by atoms with Gasteiger partial charge in [-0.1, -0.05) is 41.4 Å². The van der Waals surface area contributed by atoms with Crippen molar-refractivity contribution in [2.75, 3.05) is 11.9 Å². The second-order valence-corrected chi connectivity index (χ2v) is 9.68. The Morgan fingerprint density at radius 2 is 1.97 bits per heavy atom. The minimum atomic E-state index is -0.427. The fourth-order valence-corrected chi connectivity index (χ4v) is 4.07. The maximum Gasteiger partial charge on any atom is 0.282 e. The van der Waals surface area contributed by atoms with Gasteiger partial charge in [0, 0.05) is 26.7 Å². The van der Waals surface area contributed by atoms with Gasteiger partial charge >= 0.3 is 0 Å². The van der Waals surface area contributed by atoms with Crippen LogP contribution in [0.4, 0.5) is 10.1 Å². The zero-order valence-corrected chi connectivity index (χ0v) is 22.4. The topological polar surface area (TPSA) is 85.6 Å². The molecule has 37 heavy (non-hydrogen) atoms. The number of nitrogens with one attached hydrogen (secondary N) is 1. The molecule has 190 valence electrons. The van der Waals surface area contributed by atoms with E-state index in [2.05, 4.69) is 26.3 Å². The Morgan fingerprint density at radius 3 is 2.70 bits per heavy atom. The molecule has 0 saturated heterocycles. The second-order valence-electron chi connectivity index (χ2n) is 8.33. The number of amides is 1. The number of hydrogen-bond acceptors (Lipinski definition) is 5. The van der Waals surface area contributed by atoms with E-state index in [1.165, 1.54) is 35.2 Å². The summed E-state index contributed by atoms with van der Waals surface area (Å²) < 4.78 is 20.8. The van der Waals surface area contributed by atoms with Gasteiger partial charge in [-0.2, -0.15) is 9.78 Å². The average molecular weight is 586 g/mol. The van der Waals surface area contributed by atoms with Crippen LogP contribution in [-0.4, -0.2) is 28.4 Å². The molecule has 0 aliphatic rings. The third-order valence-electron chi connectivity index (χ3n) is 5.66. The van der Waals surface area contributed by atoms with Crippen molar-refractivity contribution in [3.63, 3.8) is 0 Å². The van der Waals surface area contributed by atoms with Crippen LogP contribution in [0.25, 0.3) is 10.9 Å². The number of aromatic nitrogens is 2. The summed E-state index contributed by atoms with van der Waals surface area (Å²) in [5.41, 5.74) is 1.20. The Hall–Kier alpha value is -3.56. The third-order valence-corrected chi connectivity index (χ3v) is 6.39. The summed E-state index contributed by atoms with van der Waals surface area (Å²) in [4.78, 5) is 30.4. The maximum absolute atomic E-state index is 13.4. The van der Waals surface area contributed by atoms with Crippen molar-refractivity contribution >= 4 is 56.2 Å².